The van der Waals surface area contributed by atoms with Crippen molar-refractivity contribution in [1.82, 2.24) is 0 Å². The van der Waals surface area contributed by atoms with Crippen molar-refractivity contribution < 1.29 is 9.50 Å². The van der Waals surface area contributed by atoms with Gasteiger partial charge in [0, 0.05) is 5.02 Å². The summed E-state index contributed by atoms with van der Waals surface area (Å²) < 4.78 is 12.9. The summed E-state index contributed by atoms with van der Waals surface area (Å²) in [6, 6.07) is 4.10. The number of benzene rings is 1. The number of hydrogen-bond donors (Lipinski definition) is 1. The number of aliphatic hydroxyl groups is 1. The van der Waals surface area contributed by atoms with Crippen LogP contribution in [0.1, 0.15) is 25.8 Å². The highest BCUT2D eigenvalue weighted by molar-refractivity contribution is 6.30. The van der Waals surface area contributed by atoms with Crippen LogP contribution in [-0.2, 0) is 5.60 Å². The molecule has 0 bridgehead atoms. The van der Waals surface area contributed by atoms with E-state index in [0.29, 0.717) is 17.0 Å². The Hall–Kier alpha value is -0.600. The number of rotatable bonds is 2. The Morgan fingerprint density at radius 2 is 2.08 bits per heavy atom. The highest BCUT2D eigenvalue weighted by Gasteiger charge is 2.21. The third-order valence-corrected chi connectivity index (χ3v) is 2.39. The fraction of sp³-hybridized carbons (Fsp3) is 0.400. The molecule has 1 nitrogen and oxygen atoms in total. The molecule has 1 rings (SSSR count). The molecule has 0 aliphatic carbocycles. The van der Waals surface area contributed by atoms with Crippen LogP contribution in [0.4, 0.5) is 4.39 Å². The summed E-state index contributed by atoms with van der Waals surface area (Å²) in [5.74, 6) is -0.420. The van der Waals surface area contributed by atoms with E-state index in [4.69, 9.17) is 11.6 Å². The molecule has 1 atom stereocenters. The fourth-order valence-electron chi connectivity index (χ4n) is 1.07. The predicted molar refractivity (Wildman–Crippen MR) is 51.3 cm³/mol. The molecule has 0 saturated heterocycles. The molecule has 0 unspecified atom stereocenters. The topological polar surface area (TPSA) is 20.2 Å². The summed E-state index contributed by atoms with van der Waals surface area (Å²) in [4.78, 5) is 0. The molecule has 0 radical (unpaired) electrons. The van der Waals surface area contributed by atoms with Gasteiger partial charge in [-0.2, -0.15) is 0 Å². The van der Waals surface area contributed by atoms with Crippen molar-refractivity contribution >= 4 is 11.6 Å². The molecule has 0 aliphatic heterocycles. The summed E-state index contributed by atoms with van der Waals surface area (Å²) in [6.45, 7) is 3.47. The molecule has 0 fully saturated rings. The Bertz CT molecular complexity index is 290. The molecule has 13 heavy (non-hydrogen) atoms. The number of hydrogen-bond acceptors (Lipinski definition) is 1. The molecule has 72 valence electrons. The first-order valence-corrected chi connectivity index (χ1v) is 4.52. The number of halogens is 2. The molecule has 0 heterocycles. The van der Waals surface area contributed by atoms with Gasteiger partial charge in [-0.25, -0.2) is 4.39 Å². The lowest BCUT2D eigenvalue weighted by Gasteiger charge is -2.21. The van der Waals surface area contributed by atoms with Crippen molar-refractivity contribution in [1.29, 1.82) is 0 Å². The lowest BCUT2D eigenvalue weighted by atomic mass is 9.93. The summed E-state index contributed by atoms with van der Waals surface area (Å²) in [6.07, 6.45) is 0.521. The van der Waals surface area contributed by atoms with Crippen molar-refractivity contribution in [2.24, 2.45) is 0 Å². The first-order chi connectivity index (χ1) is 5.95. The molecule has 1 aromatic rings. The quantitative estimate of drug-likeness (QED) is 0.782. The summed E-state index contributed by atoms with van der Waals surface area (Å²) >= 11 is 5.66. The zero-order valence-electron chi connectivity index (χ0n) is 7.64. The molecule has 3 heteroatoms. The average Bonchev–Trinajstić information content (AvgIpc) is 2.02. The monoisotopic (exact) mass is 202 g/mol. The second-order valence-electron chi connectivity index (χ2n) is 3.29. The van der Waals surface area contributed by atoms with E-state index >= 15 is 0 Å². The Morgan fingerprint density at radius 1 is 1.46 bits per heavy atom. The first kappa shape index (κ1) is 10.5. The van der Waals surface area contributed by atoms with E-state index in [0.717, 1.165) is 0 Å². The van der Waals surface area contributed by atoms with Gasteiger partial charge in [0.05, 0.1) is 5.60 Å². The Balaban J connectivity index is 3.15. The van der Waals surface area contributed by atoms with Gasteiger partial charge in [-0.1, -0.05) is 18.5 Å². The lowest BCUT2D eigenvalue weighted by molar-refractivity contribution is 0.0528. The van der Waals surface area contributed by atoms with Gasteiger partial charge in [-0.05, 0) is 37.1 Å². The van der Waals surface area contributed by atoms with E-state index in [1.807, 2.05) is 6.92 Å². The van der Waals surface area contributed by atoms with Gasteiger partial charge in [0.1, 0.15) is 5.82 Å². The first-order valence-electron chi connectivity index (χ1n) is 4.14. The smallest absolute Gasteiger partial charge is 0.125 e. The highest BCUT2D eigenvalue weighted by atomic mass is 35.5. The van der Waals surface area contributed by atoms with Gasteiger partial charge in [0.15, 0.2) is 0 Å². The van der Waals surface area contributed by atoms with E-state index in [9.17, 15) is 9.50 Å². The summed E-state index contributed by atoms with van der Waals surface area (Å²) in [5.41, 5.74) is -0.494. The van der Waals surface area contributed by atoms with Gasteiger partial charge in [-0.3, -0.25) is 0 Å². The molecule has 0 amide bonds. The molecule has 0 spiro atoms. The van der Waals surface area contributed by atoms with E-state index in [1.165, 1.54) is 12.1 Å². The van der Waals surface area contributed by atoms with Gasteiger partial charge < -0.3 is 5.11 Å². The highest BCUT2D eigenvalue weighted by Crippen LogP contribution is 2.27. The third-order valence-electron chi connectivity index (χ3n) is 2.17. The van der Waals surface area contributed by atoms with Gasteiger partial charge in [0.2, 0.25) is 0 Å². The zero-order chi connectivity index (χ0) is 10.1. The zero-order valence-corrected chi connectivity index (χ0v) is 8.40. The van der Waals surface area contributed by atoms with E-state index in [-0.39, 0.29) is 0 Å². The maximum Gasteiger partial charge on any atom is 0.125 e. The third kappa shape index (κ3) is 2.42. The maximum atomic E-state index is 12.9. The van der Waals surface area contributed by atoms with Crippen LogP contribution < -0.4 is 0 Å². The molecule has 0 aromatic heterocycles. The van der Waals surface area contributed by atoms with Crippen molar-refractivity contribution in [3.63, 3.8) is 0 Å². The Morgan fingerprint density at radius 3 is 2.54 bits per heavy atom. The SMILES string of the molecule is CC[C@@](C)(O)c1cc(F)cc(Cl)c1. The normalized spacial score (nSPS) is 15.5. The van der Waals surface area contributed by atoms with Crippen LogP contribution >= 0.6 is 11.6 Å². The Labute approximate surface area is 82.2 Å². The summed E-state index contributed by atoms with van der Waals surface area (Å²) in [7, 11) is 0. The van der Waals surface area contributed by atoms with Crippen LogP contribution in [0.5, 0.6) is 0 Å². The van der Waals surface area contributed by atoms with Crippen LogP contribution in [0.2, 0.25) is 5.02 Å². The van der Waals surface area contributed by atoms with Gasteiger partial charge in [0.25, 0.3) is 0 Å². The molecular formula is C10H12ClFO. The second kappa shape index (κ2) is 3.64. The van der Waals surface area contributed by atoms with Crippen molar-refractivity contribution in [2.75, 3.05) is 0 Å². The second-order valence-corrected chi connectivity index (χ2v) is 3.72. The molecule has 0 aliphatic rings. The van der Waals surface area contributed by atoms with Gasteiger partial charge >= 0.3 is 0 Å². The average molecular weight is 203 g/mol. The fourth-order valence-corrected chi connectivity index (χ4v) is 1.29. The van der Waals surface area contributed by atoms with Crippen molar-refractivity contribution in [2.45, 2.75) is 25.9 Å². The van der Waals surface area contributed by atoms with Crippen molar-refractivity contribution in [3.8, 4) is 0 Å². The van der Waals surface area contributed by atoms with E-state index < -0.39 is 11.4 Å². The Kier molecular flexibility index (Phi) is 2.94. The van der Waals surface area contributed by atoms with Crippen LogP contribution in [-0.4, -0.2) is 5.11 Å². The maximum absolute atomic E-state index is 12.9. The largest absolute Gasteiger partial charge is 0.385 e. The molecule has 0 saturated carbocycles. The minimum atomic E-state index is -1.01. The van der Waals surface area contributed by atoms with Crippen LogP contribution in [0.15, 0.2) is 18.2 Å². The lowest BCUT2D eigenvalue weighted by Crippen LogP contribution is -2.19. The molecular weight excluding hydrogens is 191 g/mol. The predicted octanol–water partition coefficient (Wildman–Crippen LogP) is 3.10. The van der Waals surface area contributed by atoms with Crippen LogP contribution in [0.25, 0.3) is 0 Å². The van der Waals surface area contributed by atoms with Crippen molar-refractivity contribution in [3.05, 3.63) is 34.6 Å². The van der Waals surface area contributed by atoms with E-state index in [2.05, 4.69) is 0 Å². The standard InChI is InChI=1S/C10H12ClFO/c1-3-10(2,13)7-4-8(11)6-9(12)5-7/h4-6,13H,3H2,1-2H3/t10-/m1/s1. The minimum absolute atomic E-state index is 0.309. The van der Waals surface area contributed by atoms with Crippen LogP contribution in [0, 0.1) is 5.82 Å². The van der Waals surface area contributed by atoms with Crippen LogP contribution in [0.3, 0.4) is 0 Å². The molecule has 1 N–H and O–H groups in total. The van der Waals surface area contributed by atoms with E-state index in [1.54, 1.807) is 13.0 Å². The molecule has 1 aromatic carbocycles. The summed E-state index contributed by atoms with van der Waals surface area (Å²) in [5, 5.41) is 10.1. The minimum Gasteiger partial charge on any atom is -0.385 e. The van der Waals surface area contributed by atoms with Gasteiger partial charge in [-0.15, -0.1) is 0 Å².